The Morgan fingerprint density at radius 3 is 2.50 bits per heavy atom. The van der Waals surface area contributed by atoms with E-state index >= 15 is 0 Å². The van der Waals surface area contributed by atoms with Crippen LogP contribution in [0.4, 0.5) is 5.82 Å². The van der Waals surface area contributed by atoms with Gasteiger partial charge >= 0.3 is 11.9 Å². The number of methoxy groups -OCH3 is 1. The minimum Gasteiger partial charge on any atom is -0.493 e. The zero-order valence-corrected chi connectivity index (χ0v) is 20.3. The van der Waals surface area contributed by atoms with Gasteiger partial charge in [0.2, 0.25) is 0 Å². The zero-order chi connectivity index (χ0) is 25.8. The van der Waals surface area contributed by atoms with Crippen molar-refractivity contribution in [2.24, 2.45) is 0 Å². The molecule has 2 heterocycles. The first-order valence-corrected chi connectivity index (χ1v) is 11.7. The van der Waals surface area contributed by atoms with E-state index in [1.54, 1.807) is 13.3 Å². The number of carboxylic acid groups (broad SMARTS) is 2. The number of carbonyl (C=O) groups is 2. The normalized spacial score (nSPS) is 13.5. The maximum atomic E-state index is 9.55. The summed E-state index contributed by atoms with van der Waals surface area (Å²) in [6, 6.07) is 19.1. The number of fused-ring (bicyclic) bond motifs is 1. The molecule has 1 aliphatic heterocycles. The van der Waals surface area contributed by atoms with E-state index in [1.165, 1.54) is 21.9 Å². The predicted molar refractivity (Wildman–Crippen MR) is 141 cm³/mol. The maximum absolute atomic E-state index is 9.55. The standard InChI is InChI=1S/C24H27N3O.C4H4O4/c1-28-23-11-5-14-25-24(23)26-15-6-16-27-17-12-20(13-18-27)22-10-4-8-19-7-2-3-9-21(19)22;5-3(6)1-2-4(7)8/h2-5,7-12,14H,6,13,15-18H2,1H3,(H,25,26);1-2H,(H,5,6)(H,7,8)/b;2-1+. The molecule has 0 saturated carbocycles. The fourth-order valence-corrected chi connectivity index (χ4v) is 4.00. The van der Waals surface area contributed by atoms with Gasteiger partial charge in [-0.3, -0.25) is 4.90 Å². The second kappa shape index (κ2) is 13.7. The van der Waals surface area contributed by atoms with E-state index in [4.69, 9.17) is 14.9 Å². The number of ether oxygens (including phenoxy) is 1. The van der Waals surface area contributed by atoms with E-state index in [0.717, 1.165) is 50.6 Å². The summed E-state index contributed by atoms with van der Waals surface area (Å²) in [4.78, 5) is 26.0. The highest BCUT2D eigenvalue weighted by atomic mass is 16.5. The minimum atomic E-state index is -1.26. The van der Waals surface area contributed by atoms with Gasteiger partial charge in [0, 0.05) is 44.5 Å². The van der Waals surface area contributed by atoms with Crippen LogP contribution >= 0.6 is 0 Å². The van der Waals surface area contributed by atoms with Crippen LogP contribution in [0.5, 0.6) is 5.75 Å². The van der Waals surface area contributed by atoms with Crippen LogP contribution in [-0.2, 0) is 9.59 Å². The lowest BCUT2D eigenvalue weighted by atomic mass is 9.94. The number of hydrogen-bond donors (Lipinski definition) is 3. The molecule has 36 heavy (non-hydrogen) atoms. The van der Waals surface area contributed by atoms with E-state index in [1.807, 2.05) is 12.1 Å². The number of nitrogens with one attached hydrogen (secondary N) is 1. The third kappa shape index (κ3) is 7.95. The SMILES string of the molecule is COc1cccnc1NCCCN1CC=C(c2cccc3ccccc23)CC1.O=C(O)/C=C/C(=O)O. The highest BCUT2D eigenvalue weighted by Crippen LogP contribution is 2.29. The average molecular weight is 490 g/mol. The second-order valence-corrected chi connectivity index (χ2v) is 8.15. The Balaban J connectivity index is 0.000000392. The monoisotopic (exact) mass is 489 g/mol. The molecule has 0 unspecified atom stereocenters. The Morgan fingerprint density at radius 2 is 1.81 bits per heavy atom. The number of pyridine rings is 1. The number of aromatic nitrogens is 1. The molecule has 0 spiro atoms. The van der Waals surface area contributed by atoms with Crippen molar-refractivity contribution >= 4 is 34.1 Å². The van der Waals surface area contributed by atoms with Crippen LogP contribution in [0.25, 0.3) is 16.3 Å². The summed E-state index contributed by atoms with van der Waals surface area (Å²) < 4.78 is 5.33. The highest BCUT2D eigenvalue weighted by molar-refractivity contribution is 5.94. The third-order valence-electron chi connectivity index (χ3n) is 5.73. The molecular weight excluding hydrogens is 458 g/mol. The van der Waals surface area contributed by atoms with Crippen molar-refractivity contribution in [2.75, 3.05) is 38.6 Å². The van der Waals surface area contributed by atoms with Gasteiger partial charge in [-0.05, 0) is 46.9 Å². The van der Waals surface area contributed by atoms with Crippen molar-refractivity contribution in [3.63, 3.8) is 0 Å². The average Bonchev–Trinajstić information content (AvgIpc) is 2.90. The molecule has 0 radical (unpaired) electrons. The van der Waals surface area contributed by atoms with Gasteiger partial charge < -0.3 is 20.3 Å². The molecule has 0 fully saturated rings. The quantitative estimate of drug-likeness (QED) is 0.297. The molecule has 0 aliphatic carbocycles. The van der Waals surface area contributed by atoms with Crippen LogP contribution in [0.2, 0.25) is 0 Å². The zero-order valence-electron chi connectivity index (χ0n) is 20.3. The summed E-state index contributed by atoms with van der Waals surface area (Å²) in [5.41, 5.74) is 2.87. The maximum Gasteiger partial charge on any atom is 0.328 e. The molecule has 3 aromatic rings. The van der Waals surface area contributed by atoms with E-state index in [9.17, 15) is 9.59 Å². The Labute approximate surface area is 210 Å². The summed E-state index contributed by atoms with van der Waals surface area (Å²) in [5.74, 6) is -0.898. The van der Waals surface area contributed by atoms with Gasteiger partial charge in [-0.2, -0.15) is 0 Å². The van der Waals surface area contributed by atoms with Crippen LogP contribution < -0.4 is 10.1 Å². The Bertz CT molecular complexity index is 1220. The number of carboxylic acids is 2. The van der Waals surface area contributed by atoms with E-state index in [2.05, 4.69) is 63.7 Å². The van der Waals surface area contributed by atoms with Crippen LogP contribution in [0.15, 0.2) is 79.0 Å². The van der Waals surface area contributed by atoms with Crippen LogP contribution in [0, 0.1) is 0 Å². The van der Waals surface area contributed by atoms with Crippen LogP contribution in [0.3, 0.4) is 0 Å². The van der Waals surface area contributed by atoms with Crippen LogP contribution in [-0.4, -0.2) is 65.3 Å². The first-order chi connectivity index (χ1) is 17.5. The molecule has 0 saturated heterocycles. The predicted octanol–water partition coefficient (Wildman–Crippen LogP) is 4.55. The smallest absolute Gasteiger partial charge is 0.328 e. The topological polar surface area (TPSA) is 112 Å². The molecular formula is C28H31N3O5. The largest absolute Gasteiger partial charge is 0.493 e. The van der Waals surface area contributed by atoms with E-state index in [0.29, 0.717) is 12.2 Å². The lowest BCUT2D eigenvalue weighted by Crippen LogP contribution is -2.30. The Kier molecular flexibility index (Phi) is 10.0. The molecule has 2 aromatic carbocycles. The van der Waals surface area contributed by atoms with Gasteiger partial charge in [0.05, 0.1) is 7.11 Å². The summed E-state index contributed by atoms with van der Waals surface area (Å²) in [5, 5.41) is 21.7. The summed E-state index contributed by atoms with van der Waals surface area (Å²) >= 11 is 0. The summed E-state index contributed by atoms with van der Waals surface area (Å²) in [6.45, 7) is 4.11. The molecule has 1 aromatic heterocycles. The van der Waals surface area contributed by atoms with Gasteiger partial charge in [-0.25, -0.2) is 14.6 Å². The van der Waals surface area contributed by atoms with Gasteiger partial charge in [0.15, 0.2) is 11.6 Å². The van der Waals surface area contributed by atoms with Crippen LogP contribution in [0.1, 0.15) is 18.4 Å². The van der Waals surface area contributed by atoms with Gasteiger partial charge in [0.25, 0.3) is 0 Å². The molecule has 4 rings (SSSR count). The Morgan fingerprint density at radius 1 is 1.06 bits per heavy atom. The molecule has 188 valence electrons. The highest BCUT2D eigenvalue weighted by Gasteiger charge is 2.14. The van der Waals surface area contributed by atoms with Crippen molar-refractivity contribution in [1.29, 1.82) is 0 Å². The van der Waals surface area contributed by atoms with Crippen molar-refractivity contribution in [1.82, 2.24) is 9.88 Å². The number of benzene rings is 2. The van der Waals surface area contributed by atoms with Crippen molar-refractivity contribution in [3.05, 3.63) is 84.6 Å². The fourth-order valence-electron chi connectivity index (χ4n) is 4.00. The lowest BCUT2D eigenvalue weighted by molar-refractivity contribution is -0.134. The number of aliphatic carboxylic acids is 2. The molecule has 0 amide bonds. The molecule has 8 heteroatoms. The van der Waals surface area contributed by atoms with Gasteiger partial charge in [-0.1, -0.05) is 48.5 Å². The van der Waals surface area contributed by atoms with E-state index in [-0.39, 0.29) is 0 Å². The van der Waals surface area contributed by atoms with Gasteiger partial charge in [0.1, 0.15) is 0 Å². The molecule has 8 nitrogen and oxygen atoms in total. The Hall–Kier alpha value is -4.17. The number of rotatable bonds is 9. The number of anilines is 1. The summed E-state index contributed by atoms with van der Waals surface area (Å²) in [6.07, 6.45) is 7.49. The molecule has 3 N–H and O–H groups in total. The lowest BCUT2D eigenvalue weighted by Gasteiger charge is -2.27. The van der Waals surface area contributed by atoms with E-state index < -0.39 is 11.9 Å². The first-order valence-electron chi connectivity index (χ1n) is 11.7. The first kappa shape index (κ1) is 26.4. The second-order valence-electron chi connectivity index (χ2n) is 8.15. The van der Waals surface area contributed by atoms with Crippen molar-refractivity contribution in [3.8, 4) is 5.75 Å². The van der Waals surface area contributed by atoms with Crippen molar-refractivity contribution < 1.29 is 24.5 Å². The van der Waals surface area contributed by atoms with Crippen molar-refractivity contribution in [2.45, 2.75) is 12.8 Å². The molecule has 1 aliphatic rings. The minimum absolute atomic E-state index is 0.558. The molecule has 0 bridgehead atoms. The molecule has 0 atom stereocenters. The number of nitrogens with zero attached hydrogens (tertiary/aromatic N) is 2. The third-order valence-corrected chi connectivity index (χ3v) is 5.73. The fraction of sp³-hybridized carbons (Fsp3) is 0.250. The summed E-state index contributed by atoms with van der Waals surface area (Å²) in [7, 11) is 1.68. The van der Waals surface area contributed by atoms with Gasteiger partial charge in [-0.15, -0.1) is 0 Å². The number of hydrogen-bond acceptors (Lipinski definition) is 6.